The van der Waals surface area contributed by atoms with E-state index in [0.717, 1.165) is 44.0 Å². The van der Waals surface area contributed by atoms with E-state index in [0.29, 0.717) is 0 Å². The molecule has 0 aromatic carbocycles. The third-order valence-electron chi connectivity index (χ3n) is 3.65. The molecule has 2 heterocycles. The van der Waals surface area contributed by atoms with Crippen molar-refractivity contribution in [3.63, 3.8) is 0 Å². The van der Waals surface area contributed by atoms with Crippen molar-refractivity contribution >= 4 is 0 Å². The van der Waals surface area contributed by atoms with Crippen molar-refractivity contribution in [3.8, 4) is 0 Å². The third-order valence-corrected chi connectivity index (χ3v) is 3.65. The average Bonchev–Trinajstić information content (AvgIpc) is 2.79. The third kappa shape index (κ3) is 17.9. The molecule has 0 aliphatic heterocycles. The van der Waals surface area contributed by atoms with Crippen LogP contribution in [0, 0.1) is 20.0 Å². The molecule has 0 fully saturated rings. The molecule has 29 heavy (non-hydrogen) atoms. The van der Waals surface area contributed by atoms with Gasteiger partial charge in [0.1, 0.15) is 0 Å². The zero-order valence-corrected chi connectivity index (χ0v) is 19.0. The molecule has 0 atom stereocenters. The molecule has 1 radical (unpaired) electrons. The second-order valence-electron chi connectivity index (χ2n) is 5.56. The van der Waals surface area contributed by atoms with Gasteiger partial charge in [0, 0.05) is 45.9 Å². The molecule has 7 nitrogen and oxygen atoms in total. The molecule has 8 heteroatoms. The van der Waals surface area contributed by atoms with E-state index in [-0.39, 0.29) is 20.4 Å². The quantitative estimate of drug-likeness (QED) is 0.270. The maximum absolute atomic E-state index is 7.50. The topological polar surface area (TPSA) is 115 Å². The summed E-state index contributed by atoms with van der Waals surface area (Å²) in [6, 6.07) is 12.2. The summed E-state index contributed by atoms with van der Waals surface area (Å²) in [5, 5.41) is 0. The van der Waals surface area contributed by atoms with Gasteiger partial charge in [-0.05, 0) is 50.2 Å². The van der Waals surface area contributed by atoms with Crippen LogP contribution in [0.3, 0.4) is 0 Å². The number of pyridine rings is 2. The summed E-state index contributed by atoms with van der Waals surface area (Å²) in [5.41, 5.74) is 7.77. The number of hydrogen-bond donors (Lipinski definition) is 1. The van der Waals surface area contributed by atoms with Crippen LogP contribution in [0.5, 0.6) is 0 Å². The summed E-state index contributed by atoms with van der Waals surface area (Å²) in [5.74, 6) is 0. The molecular weight excluding hydrogens is 542 g/mol. The maximum Gasteiger partial charge on any atom is 0 e. The molecule has 155 valence electrons. The summed E-state index contributed by atoms with van der Waals surface area (Å²) < 4.78 is 22.5. The summed E-state index contributed by atoms with van der Waals surface area (Å²) in [4.78, 5) is 11.3. The van der Waals surface area contributed by atoms with Crippen molar-refractivity contribution in [1.82, 2.24) is 14.9 Å². The summed E-state index contributed by atoms with van der Waals surface area (Å²) in [7, 11) is 0. The van der Waals surface area contributed by atoms with E-state index in [2.05, 4.69) is 47.0 Å². The van der Waals surface area contributed by atoms with E-state index in [4.69, 9.17) is 19.7 Å². The Morgan fingerprint density at radius 1 is 0.724 bits per heavy atom. The van der Waals surface area contributed by atoms with Gasteiger partial charge in [0.2, 0.25) is 0 Å². The van der Waals surface area contributed by atoms with Crippen LogP contribution in [-0.4, -0.2) is 28.0 Å². The van der Waals surface area contributed by atoms with Gasteiger partial charge in [0.15, 0.2) is 0 Å². The van der Waals surface area contributed by atoms with Gasteiger partial charge in [-0.15, -0.1) is 0 Å². The molecule has 0 aliphatic rings. The van der Waals surface area contributed by atoms with Crippen LogP contribution in [-0.2, 0) is 47.5 Å². The predicted octanol–water partition coefficient (Wildman–Crippen LogP) is 2.88. The second-order valence-corrected chi connectivity index (χ2v) is 5.56. The summed E-state index contributed by atoms with van der Waals surface area (Å²) >= 11 is 0. The number of hydrogen-bond acceptors (Lipinski definition) is 4. The van der Waals surface area contributed by atoms with E-state index in [1.165, 1.54) is 19.3 Å². The van der Waals surface area contributed by atoms with Crippen molar-refractivity contribution in [2.45, 2.75) is 38.8 Å². The molecule has 0 bridgehead atoms. The molecule has 0 amide bonds. The largest absolute Gasteiger partial charge is 0 e. The van der Waals surface area contributed by atoms with Gasteiger partial charge >= 0.3 is 33.9 Å². The zero-order valence-electron chi connectivity index (χ0n) is 16.3. The van der Waals surface area contributed by atoms with Crippen LogP contribution in [0.1, 0.15) is 37.1 Å². The van der Waals surface area contributed by atoms with E-state index in [9.17, 15) is 0 Å². The minimum atomic E-state index is 0. The van der Waals surface area contributed by atoms with Gasteiger partial charge in [0.05, 0.1) is 11.4 Å². The van der Waals surface area contributed by atoms with E-state index in [1.54, 1.807) is 0 Å². The van der Waals surface area contributed by atoms with Crippen molar-refractivity contribution < 1.29 is 34.4 Å². The van der Waals surface area contributed by atoms with Crippen LogP contribution in [0.15, 0.2) is 48.8 Å². The van der Waals surface area contributed by atoms with Gasteiger partial charge in [-0.1, -0.05) is 25.0 Å². The number of nitrogens with two attached hydrogens (primary N) is 1. The van der Waals surface area contributed by atoms with Crippen LogP contribution < -0.4 is 5.73 Å². The van der Waals surface area contributed by atoms with Crippen molar-refractivity contribution in [2.75, 3.05) is 13.1 Å². The van der Waals surface area contributed by atoms with E-state index < -0.39 is 0 Å². The Morgan fingerprint density at radius 3 is 1.55 bits per heavy atom. The fourth-order valence-electron chi connectivity index (χ4n) is 2.49. The molecule has 2 aromatic rings. The fourth-order valence-corrected chi connectivity index (χ4v) is 2.49. The number of nitrogens with zero attached hydrogens (tertiary/aromatic N) is 3. The molecule has 0 saturated heterocycles. The Morgan fingerprint density at radius 2 is 1.17 bits per heavy atom. The molecular formula is C21H26N4O3Re. The first kappa shape index (κ1) is 31.8. The Hall–Kier alpha value is -1.90. The second kappa shape index (κ2) is 26.1. The molecule has 2 N–H and O–H groups in total. The van der Waals surface area contributed by atoms with Gasteiger partial charge in [-0.2, -0.15) is 0 Å². The Bertz CT molecular complexity index is 581. The molecule has 0 aliphatic carbocycles. The van der Waals surface area contributed by atoms with Crippen LogP contribution in [0.25, 0.3) is 0 Å². The van der Waals surface area contributed by atoms with Crippen LogP contribution >= 0.6 is 0 Å². The molecule has 2 aromatic heterocycles. The van der Waals surface area contributed by atoms with Crippen molar-refractivity contribution in [1.29, 1.82) is 0 Å². The monoisotopic (exact) mass is 569 g/mol. The van der Waals surface area contributed by atoms with Gasteiger partial charge < -0.3 is 5.73 Å². The standard InChI is InChI=1S/C18H26N4.3CO.Re/c19-11-5-1-2-8-14-22(15-17-9-3-6-12-20-17)16-18-10-4-7-13-21-18;3*1-2;/h3-4,6-7,9-10,12-13H,1-2,5,8,11,14-16,19H2;;;;. The van der Waals surface area contributed by atoms with Crippen LogP contribution in [0.2, 0.25) is 0 Å². The van der Waals surface area contributed by atoms with Gasteiger partial charge in [-0.3, -0.25) is 14.9 Å². The maximum atomic E-state index is 7.50. The Balaban J connectivity index is -0.000000883. The SMILES string of the molecule is NCCCCCCN(Cc1ccccn1)Cc1ccccn1.[C-]#[O+].[C-]#[O+].[C-]#[O+].[Re]. The number of unbranched alkanes of at least 4 members (excludes halogenated alkanes) is 3. The zero-order chi connectivity index (χ0) is 21.5. The van der Waals surface area contributed by atoms with Gasteiger partial charge in [0.25, 0.3) is 0 Å². The van der Waals surface area contributed by atoms with Crippen LogP contribution in [0.4, 0.5) is 0 Å². The first-order valence-corrected chi connectivity index (χ1v) is 8.72. The summed E-state index contributed by atoms with van der Waals surface area (Å²) in [6.07, 6.45) is 8.49. The molecule has 0 spiro atoms. The fraction of sp³-hybridized carbons (Fsp3) is 0.381. The normalized spacial score (nSPS) is 8.55. The molecule has 0 saturated carbocycles. The van der Waals surface area contributed by atoms with Gasteiger partial charge in [-0.25, -0.2) is 0 Å². The predicted molar refractivity (Wildman–Crippen MR) is 102 cm³/mol. The Kier molecular flexibility index (Phi) is 28.6. The minimum absolute atomic E-state index is 0. The number of aromatic nitrogens is 2. The Labute approximate surface area is 186 Å². The first-order chi connectivity index (χ1) is 13.9. The smallest absolute Gasteiger partial charge is 0 e. The van der Waals surface area contributed by atoms with E-state index in [1.807, 2.05) is 36.7 Å². The summed E-state index contributed by atoms with van der Waals surface area (Å²) in [6.45, 7) is 17.1. The van der Waals surface area contributed by atoms with Crippen molar-refractivity contribution in [2.24, 2.45) is 5.73 Å². The van der Waals surface area contributed by atoms with Crippen molar-refractivity contribution in [3.05, 3.63) is 80.1 Å². The molecule has 0 unspecified atom stereocenters. The van der Waals surface area contributed by atoms with E-state index >= 15 is 0 Å². The number of rotatable bonds is 10. The minimum Gasteiger partial charge on any atom is 0 e. The first-order valence-electron chi connectivity index (χ1n) is 8.72. The molecule has 2 rings (SSSR count). The average molecular weight is 569 g/mol.